The standard InChI is InChI=1S/C14H18N2O4/c1-20-8-11(14(18)19)16-13(17)12-10-5-3-2-4-9(10)6-7-15-12/h2-5,11-12,15H,6-8H2,1H3,(H,16,17)(H,18,19). The van der Waals surface area contributed by atoms with Crippen LogP contribution in [0.2, 0.25) is 0 Å². The first-order chi connectivity index (χ1) is 9.63. The van der Waals surface area contributed by atoms with Crippen molar-refractivity contribution in [3.05, 3.63) is 35.4 Å². The Balaban J connectivity index is 2.12. The van der Waals surface area contributed by atoms with Gasteiger partial charge in [0.2, 0.25) is 5.91 Å². The van der Waals surface area contributed by atoms with Gasteiger partial charge in [-0.15, -0.1) is 0 Å². The van der Waals surface area contributed by atoms with E-state index in [1.165, 1.54) is 7.11 Å². The number of nitrogens with one attached hydrogen (secondary N) is 2. The molecule has 0 saturated heterocycles. The monoisotopic (exact) mass is 278 g/mol. The van der Waals surface area contributed by atoms with Crippen LogP contribution in [-0.2, 0) is 20.7 Å². The van der Waals surface area contributed by atoms with E-state index >= 15 is 0 Å². The minimum absolute atomic E-state index is 0.0601. The fourth-order valence-electron chi connectivity index (χ4n) is 2.33. The van der Waals surface area contributed by atoms with Gasteiger partial charge in [-0.25, -0.2) is 4.79 Å². The van der Waals surface area contributed by atoms with E-state index in [1.54, 1.807) is 0 Å². The molecule has 1 aromatic carbocycles. The number of amides is 1. The van der Waals surface area contributed by atoms with Crippen molar-refractivity contribution < 1.29 is 19.4 Å². The molecule has 1 heterocycles. The molecule has 2 rings (SSSR count). The number of ether oxygens (including phenoxy) is 1. The Labute approximate surface area is 117 Å². The van der Waals surface area contributed by atoms with Crippen LogP contribution in [0.1, 0.15) is 17.2 Å². The molecule has 1 aliphatic heterocycles. The molecule has 3 N–H and O–H groups in total. The Morgan fingerprint density at radius 2 is 2.25 bits per heavy atom. The Bertz CT molecular complexity index is 504. The van der Waals surface area contributed by atoms with E-state index < -0.39 is 18.1 Å². The van der Waals surface area contributed by atoms with Gasteiger partial charge in [-0.05, 0) is 17.5 Å². The maximum absolute atomic E-state index is 12.3. The lowest BCUT2D eigenvalue weighted by Gasteiger charge is -2.27. The zero-order chi connectivity index (χ0) is 14.5. The molecule has 0 aliphatic carbocycles. The predicted octanol–water partition coefficient (Wildman–Crippen LogP) is 0.0892. The number of benzene rings is 1. The van der Waals surface area contributed by atoms with Crippen molar-refractivity contribution in [2.24, 2.45) is 0 Å². The van der Waals surface area contributed by atoms with Gasteiger partial charge in [-0.3, -0.25) is 4.79 Å². The minimum atomic E-state index is -1.11. The van der Waals surface area contributed by atoms with Gasteiger partial charge in [0.05, 0.1) is 6.61 Å². The summed E-state index contributed by atoms with van der Waals surface area (Å²) in [6.45, 7) is 0.632. The third-order valence-corrected chi connectivity index (χ3v) is 3.32. The number of carbonyl (C=O) groups is 2. The second-order valence-electron chi connectivity index (χ2n) is 4.69. The van der Waals surface area contributed by atoms with E-state index in [0.29, 0.717) is 6.54 Å². The Kier molecular flexibility index (Phi) is 4.70. The number of hydrogen-bond donors (Lipinski definition) is 3. The lowest BCUT2D eigenvalue weighted by Crippen LogP contribution is -2.49. The third kappa shape index (κ3) is 3.15. The Hall–Kier alpha value is -1.92. The van der Waals surface area contributed by atoms with Crippen LogP contribution < -0.4 is 10.6 Å². The Morgan fingerprint density at radius 1 is 1.50 bits per heavy atom. The molecule has 0 fully saturated rings. The van der Waals surface area contributed by atoms with E-state index in [1.807, 2.05) is 24.3 Å². The van der Waals surface area contributed by atoms with Crippen LogP contribution in [0.15, 0.2) is 24.3 Å². The third-order valence-electron chi connectivity index (χ3n) is 3.32. The second kappa shape index (κ2) is 6.49. The molecule has 1 aromatic rings. The molecule has 0 radical (unpaired) electrons. The molecule has 6 nitrogen and oxygen atoms in total. The van der Waals surface area contributed by atoms with E-state index in [4.69, 9.17) is 9.84 Å². The molecule has 108 valence electrons. The predicted molar refractivity (Wildman–Crippen MR) is 72.3 cm³/mol. The maximum atomic E-state index is 12.3. The molecule has 0 spiro atoms. The summed E-state index contributed by atoms with van der Waals surface area (Å²) in [5.74, 6) is -1.45. The van der Waals surface area contributed by atoms with Crippen LogP contribution in [0.25, 0.3) is 0 Å². The first kappa shape index (κ1) is 14.5. The van der Waals surface area contributed by atoms with Crippen LogP contribution in [0.4, 0.5) is 0 Å². The molecular formula is C14H18N2O4. The van der Waals surface area contributed by atoms with Crippen LogP contribution in [0, 0.1) is 0 Å². The van der Waals surface area contributed by atoms with Gasteiger partial charge in [-0.1, -0.05) is 24.3 Å². The minimum Gasteiger partial charge on any atom is -0.480 e. The summed E-state index contributed by atoms with van der Waals surface area (Å²) in [6.07, 6.45) is 0.861. The fourth-order valence-corrected chi connectivity index (χ4v) is 2.33. The van der Waals surface area contributed by atoms with Gasteiger partial charge in [0, 0.05) is 13.7 Å². The molecule has 1 aliphatic rings. The number of rotatable bonds is 5. The lowest BCUT2D eigenvalue weighted by molar-refractivity contribution is -0.143. The largest absolute Gasteiger partial charge is 0.480 e. The molecule has 0 saturated carbocycles. The highest BCUT2D eigenvalue weighted by Crippen LogP contribution is 2.22. The smallest absolute Gasteiger partial charge is 0.328 e. The van der Waals surface area contributed by atoms with Crippen LogP contribution in [0.3, 0.4) is 0 Å². The van der Waals surface area contributed by atoms with Crippen molar-refractivity contribution in [3.63, 3.8) is 0 Å². The summed E-state index contributed by atoms with van der Waals surface area (Å²) < 4.78 is 4.81. The zero-order valence-corrected chi connectivity index (χ0v) is 11.3. The highest BCUT2D eigenvalue weighted by molar-refractivity contribution is 5.88. The lowest BCUT2D eigenvalue weighted by atomic mass is 9.94. The fraction of sp³-hybridized carbons (Fsp3) is 0.429. The average Bonchev–Trinajstić information content (AvgIpc) is 2.46. The first-order valence-corrected chi connectivity index (χ1v) is 6.46. The van der Waals surface area contributed by atoms with Gasteiger partial charge in [0.15, 0.2) is 6.04 Å². The van der Waals surface area contributed by atoms with Crippen molar-refractivity contribution in [3.8, 4) is 0 Å². The SMILES string of the molecule is COCC(NC(=O)C1NCCc2ccccc21)C(=O)O. The molecule has 6 heteroatoms. The normalized spacial score (nSPS) is 18.9. The summed E-state index contributed by atoms with van der Waals surface area (Å²) in [7, 11) is 1.40. The van der Waals surface area contributed by atoms with Crippen LogP contribution in [-0.4, -0.2) is 43.3 Å². The highest BCUT2D eigenvalue weighted by atomic mass is 16.5. The highest BCUT2D eigenvalue weighted by Gasteiger charge is 2.29. The topological polar surface area (TPSA) is 87.7 Å². The number of hydrogen-bond acceptors (Lipinski definition) is 4. The van der Waals surface area contributed by atoms with Gasteiger partial charge >= 0.3 is 5.97 Å². The summed E-state index contributed by atoms with van der Waals surface area (Å²) in [4.78, 5) is 23.3. The van der Waals surface area contributed by atoms with Crippen LogP contribution >= 0.6 is 0 Å². The van der Waals surface area contributed by atoms with Crippen molar-refractivity contribution >= 4 is 11.9 Å². The molecule has 1 amide bonds. The number of fused-ring (bicyclic) bond motifs is 1. The molecule has 2 atom stereocenters. The summed E-state index contributed by atoms with van der Waals surface area (Å²) in [5, 5.41) is 14.6. The average molecular weight is 278 g/mol. The molecule has 20 heavy (non-hydrogen) atoms. The van der Waals surface area contributed by atoms with Gasteiger partial charge < -0.3 is 20.5 Å². The number of carboxylic acid groups (broad SMARTS) is 1. The molecule has 2 unspecified atom stereocenters. The summed E-state index contributed by atoms with van der Waals surface area (Å²) in [6, 6.07) is 6.13. The van der Waals surface area contributed by atoms with Crippen molar-refractivity contribution in [2.75, 3.05) is 20.3 Å². The van der Waals surface area contributed by atoms with Crippen LogP contribution in [0.5, 0.6) is 0 Å². The number of carboxylic acids is 1. The van der Waals surface area contributed by atoms with E-state index in [0.717, 1.165) is 17.5 Å². The van der Waals surface area contributed by atoms with Crippen molar-refractivity contribution in [1.29, 1.82) is 0 Å². The Morgan fingerprint density at radius 3 is 2.95 bits per heavy atom. The van der Waals surface area contributed by atoms with Crippen molar-refractivity contribution in [1.82, 2.24) is 10.6 Å². The maximum Gasteiger partial charge on any atom is 0.328 e. The van der Waals surface area contributed by atoms with E-state index in [9.17, 15) is 9.59 Å². The summed E-state index contributed by atoms with van der Waals surface area (Å²) >= 11 is 0. The quantitative estimate of drug-likeness (QED) is 0.710. The first-order valence-electron chi connectivity index (χ1n) is 6.46. The summed E-state index contributed by atoms with van der Waals surface area (Å²) in [5.41, 5.74) is 2.02. The number of carbonyl (C=O) groups excluding carboxylic acids is 1. The van der Waals surface area contributed by atoms with Gasteiger partial charge in [0.25, 0.3) is 0 Å². The molecule has 0 aromatic heterocycles. The number of methoxy groups -OCH3 is 1. The van der Waals surface area contributed by atoms with Gasteiger partial charge in [0.1, 0.15) is 6.04 Å². The zero-order valence-electron chi connectivity index (χ0n) is 11.3. The molecular weight excluding hydrogens is 260 g/mol. The second-order valence-corrected chi connectivity index (χ2v) is 4.69. The van der Waals surface area contributed by atoms with Crippen molar-refractivity contribution in [2.45, 2.75) is 18.5 Å². The van der Waals surface area contributed by atoms with E-state index in [-0.39, 0.29) is 12.5 Å². The van der Waals surface area contributed by atoms with E-state index in [2.05, 4.69) is 10.6 Å². The van der Waals surface area contributed by atoms with Gasteiger partial charge in [-0.2, -0.15) is 0 Å². The number of aliphatic carboxylic acids is 1. The molecule has 0 bridgehead atoms.